The second kappa shape index (κ2) is 44.5. The smallest absolute Gasteiger partial charge is 0.407 e. The number of methoxy groups -OCH3 is 2. The lowest BCUT2D eigenvalue weighted by molar-refractivity contribution is -0.245. The maximum atomic E-state index is 14.7. The number of piperidine rings is 1. The molecule has 128 heavy (non-hydrogen) atoms. The molecule has 35 nitrogen and oxygen atoms in total. The molecule has 6 aliphatic heterocycles. The average Bonchev–Trinajstić information content (AvgIpc) is 1.03. The number of alkyl carbamates (subject to hydrolysis) is 1. The average molecular weight is 1770 g/mol. The minimum absolute atomic E-state index is 0.00363. The van der Waals surface area contributed by atoms with Gasteiger partial charge < -0.3 is 90.4 Å². The number of allylic oxidation sites excluding steroid dienone is 6. The monoisotopic (exact) mass is 1760 g/mol. The zero-order valence-electron chi connectivity index (χ0n) is 74.4. The molecule has 0 radical (unpaired) electrons. The fraction of sp³-hybridized carbons (Fsp3) is 0.559. The van der Waals surface area contributed by atoms with Crippen LogP contribution in [0.15, 0.2) is 121 Å². The van der Waals surface area contributed by atoms with Crippen molar-refractivity contribution in [3.63, 3.8) is 0 Å². The number of nitrogens with one attached hydrogen (secondary N) is 4. The van der Waals surface area contributed by atoms with E-state index >= 15 is 0 Å². The van der Waals surface area contributed by atoms with Crippen molar-refractivity contribution >= 4 is 81.5 Å². The predicted octanol–water partition coefficient (Wildman–Crippen LogP) is 6.92. The molecule has 1 unspecified atom stereocenters. The molecule has 11 heterocycles. The standard InChI is InChI=1S/C93H125N19O16/c1-57-14-9-8-10-15-58(2)75(123-6)46-70-16-13-24-93(122,128-70)83(117)88(119)112-26-12-11-17-72(112)89(120)126-76(47-73(113)59(3)41-61(5)81(115)82(116)80(114)60(4)40-57)71(94)43-62-19-21-74(77(44-62)124-7)127-92(121)104-51-64-49-100-90(101-50-64)109-32-28-107(29-33-109)36-38-125-39-37-108-30-34-110(35-31-108)91-102-53-69(54-103-91)87(118)111-27-23-65-42-63(18-20-67(65)55-111)48-98-86-78(84(96)105-56-106-86)79(95)68-45-66-22-25-97-85(66)99-52-68/h8-10,14-15,18,20,22,25,41-42,45,49-50,52-54,56-57,59-60,62,70-72,74-77,81-82,95,115-116,122H,11-13,16-17,19,21,23-24,26-40,43-44,46-48,51,55,94H2,1-7H3,(H,97,99)(H,104,121)(H3,96,98,105,106)/b10-8?,14-9+,58-15?,61-41+,95-79?/t57-,59-,60-,62+,70?,71-,72+,74-,75+,76+,77-,81-,82+,93-/m1/s1. The Bertz CT molecular complexity index is 4980. The van der Waals surface area contributed by atoms with Gasteiger partial charge in [-0.15, -0.1) is 0 Å². The van der Waals surface area contributed by atoms with E-state index in [0.29, 0.717) is 131 Å². The van der Waals surface area contributed by atoms with Crippen LogP contribution in [0.1, 0.15) is 162 Å². The van der Waals surface area contributed by atoms with Gasteiger partial charge in [-0.1, -0.05) is 75.4 Å². The van der Waals surface area contributed by atoms with E-state index in [4.69, 9.17) is 45.3 Å². The van der Waals surface area contributed by atoms with Gasteiger partial charge in [-0.25, -0.2) is 44.5 Å². The number of amides is 3. The van der Waals surface area contributed by atoms with Crippen molar-refractivity contribution in [3.05, 3.63) is 160 Å². The van der Waals surface area contributed by atoms with Crippen LogP contribution in [0, 0.1) is 29.1 Å². The molecule has 14 atom stereocenters. The number of nitrogens with zero attached hydrogens (tertiary/aromatic N) is 13. The number of carbonyl (C=O) groups excluding carboxylic acids is 7. The highest BCUT2D eigenvalue weighted by Crippen LogP contribution is 2.37. The highest BCUT2D eigenvalue weighted by Gasteiger charge is 2.50. The summed E-state index contributed by atoms with van der Waals surface area (Å²) in [5.74, 6) is -6.75. The van der Waals surface area contributed by atoms with Crippen LogP contribution < -0.4 is 31.9 Å². The number of ether oxygens (including phenoxy) is 6. The number of carbonyl (C=O) groups is 7. The summed E-state index contributed by atoms with van der Waals surface area (Å²) >= 11 is 0. The number of Topliss-reactive ketones (excluding diaryl/α,β-unsaturated/α-hetero) is 3. The van der Waals surface area contributed by atoms with E-state index in [1.807, 2.05) is 67.3 Å². The number of fused-ring (bicyclic) bond motifs is 5. The Morgan fingerprint density at radius 2 is 1.44 bits per heavy atom. The molecule has 1 aromatic carbocycles. The number of nitrogens with two attached hydrogens (primary N) is 2. The van der Waals surface area contributed by atoms with Gasteiger partial charge in [-0.05, 0) is 136 Å². The van der Waals surface area contributed by atoms with Crippen LogP contribution in [-0.4, -0.2) is 288 Å². The summed E-state index contributed by atoms with van der Waals surface area (Å²) in [6, 6.07) is 7.79. The van der Waals surface area contributed by atoms with Crippen molar-refractivity contribution < 1.29 is 77.3 Å². The number of rotatable bonds is 22. The highest BCUT2D eigenvalue weighted by atomic mass is 16.6. The number of anilines is 4. The first-order valence-electron chi connectivity index (χ1n) is 45.0. The van der Waals surface area contributed by atoms with Crippen molar-refractivity contribution in [3.8, 4) is 0 Å². The Hall–Kier alpha value is -10.7. The number of benzene rings is 1. The number of ketones is 3. The Balaban J connectivity index is 0.519. The second-order valence-corrected chi connectivity index (χ2v) is 35.2. The number of hydrogen-bond donors (Lipinski definition) is 9. The largest absolute Gasteiger partial charge is 0.459 e. The number of nitrogen functional groups attached to an aromatic ring is 1. The maximum Gasteiger partial charge on any atom is 0.407 e. The number of H-pyrrole nitrogens is 1. The number of aliphatic hydroxyl groups excluding tert-OH is 2. The van der Waals surface area contributed by atoms with Crippen LogP contribution in [-0.2, 0) is 78.4 Å². The van der Waals surface area contributed by atoms with E-state index in [1.54, 1.807) is 58.1 Å². The van der Waals surface area contributed by atoms with Crippen molar-refractivity contribution in [1.82, 2.24) is 64.8 Å². The number of pyridine rings is 1. The summed E-state index contributed by atoms with van der Waals surface area (Å²) < 4.78 is 36.2. The van der Waals surface area contributed by atoms with Gasteiger partial charge in [0.05, 0.1) is 48.4 Å². The van der Waals surface area contributed by atoms with Crippen molar-refractivity contribution in [1.29, 1.82) is 5.41 Å². The summed E-state index contributed by atoms with van der Waals surface area (Å²) in [6.07, 6.45) is 18.8. The van der Waals surface area contributed by atoms with E-state index < -0.39 is 114 Å². The number of piperazine rings is 2. The van der Waals surface area contributed by atoms with Crippen molar-refractivity contribution in [2.24, 2.45) is 29.4 Å². The van der Waals surface area contributed by atoms with Crippen LogP contribution in [0.5, 0.6) is 0 Å². The number of esters is 1. The predicted molar refractivity (Wildman–Crippen MR) is 479 cm³/mol. The zero-order valence-corrected chi connectivity index (χ0v) is 74.4. The third-order valence-electron chi connectivity index (χ3n) is 26.0. The van der Waals surface area contributed by atoms with Gasteiger partial charge in [0, 0.05) is 203 Å². The number of aromatic nitrogens is 8. The van der Waals surface area contributed by atoms with Crippen LogP contribution in [0.3, 0.4) is 0 Å². The molecule has 5 aromatic heterocycles. The summed E-state index contributed by atoms with van der Waals surface area (Å²) in [5.41, 5.74) is 20.7. The molecule has 2 bridgehead atoms. The Labute approximate surface area is 746 Å². The first-order chi connectivity index (χ1) is 61.7. The van der Waals surface area contributed by atoms with Gasteiger partial charge in [0.25, 0.3) is 17.6 Å². The SMILES string of the molecule is CO[C@H]1CC2CCC[C@@](O)(O2)C(=O)C(=O)N2CCCC[C@H]2C(=O)O[C@H]([C@H](N)C[C@@H]2CC[C@@H](OC(=O)NCc3cnc(N4CCN(CCOCCN5CCN(c6ncc(C(=O)N7CCc8cc(CNc9ncnc(N)c9C(=N)c9cnc%10[nH]ccc%10c9)ccc8C7)cn6)CC5)CC4)nc3)[C@H](OC)C2)CC(=O)[C@H](C)/C=C(\C)[C@@H](O)[C@@H](O)C(=O)[C@H](C)C[C@H](C)/C=C/C=CC=C1C. The molecule has 6 aromatic rings. The van der Waals surface area contributed by atoms with Gasteiger partial charge in [-0.2, -0.15) is 0 Å². The van der Waals surface area contributed by atoms with Gasteiger partial charge in [0.1, 0.15) is 59.9 Å². The van der Waals surface area contributed by atoms with E-state index in [1.165, 1.54) is 32.0 Å². The third kappa shape index (κ3) is 24.4. The van der Waals surface area contributed by atoms with Crippen LogP contribution in [0.25, 0.3) is 11.0 Å². The van der Waals surface area contributed by atoms with Crippen LogP contribution in [0.4, 0.5) is 28.3 Å². The molecule has 7 aliphatic rings. The summed E-state index contributed by atoms with van der Waals surface area (Å²) in [7, 11) is 3.08. The molecule has 13 rings (SSSR count). The number of aliphatic hydroxyl groups is 3. The molecule has 4 saturated heterocycles. The highest BCUT2D eigenvalue weighted by molar-refractivity contribution is 6.39. The first kappa shape index (κ1) is 94.9. The molecule has 3 amide bonds. The third-order valence-corrected chi connectivity index (χ3v) is 26.0. The van der Waals surface area contributed by atoms with E-state index in [-0.39, 0.29) is 73.6 Å². The minimum atomic E-state index is -2.47. The summed E-state index contributed by atoms with van der Waals surface area (Å²) in [6.45, 7) is 19.2. The fourth-order valence-corrected chi connectivity index (χ4v) is 18.2. The van der Waals surface area contributed by atoms with E-state index in [2.05, 4.69) is 82.2 Å². The lowest BCUT2D eigenvalue weighted by atomic mass is 9.80. The molecule has 688 valence electrons. The second-order valence-electron chi connectivity index (χ2n) is 35.2. The molecule has 5 fully saturated rings. The Kier molecular flexibility index (Phi) is 33.0. The molecule has 35 heteroatoms. The lowest BCUT2D eigenvalue weighted by Gasteiger charge is -2.40. The van der Waals surface area contributed by atoms with Crippen LogP contribution >= 0.6 is 0 Å². The number of aromatic amines is 1. The van der Waals surface area contributed by atoms with Crippen molar-refractivity contribution in [2.45, 2.75) is 205 Å². The molecular weight excluding hydrogens is 1640 g/mol. The summed E-state index contributed by atoms with van der Waals surface area (Å²) in [5, 5.41) is 50.5. The van der Waals surface area contributed by atoms with E-state index in [0.717, 1.165) is 98.1 Å². The molecule has 0 spiro atoms. The maximum absolute atomic E-state index is 14.7. The minimum Gasteiger partial charge on any atom is -0.459 e. The van der Waals surface area contributed by atoms with Gasteiger partial charge in [-0.3, -0.25) is 39.2 Å². The van der Waals surface area contributed by atoms with Crippen molar-refractivity contribution in [2.75, 3.05) is 127 Å². The number of cyclic esters (lactones) is 1. The molecular formula is C93H125N19O16. The molecule has 11 N–H and O–H groups in total. The zero-order chi connectivity index (χ0) is 90.7. The fourth-order valence-electron chi connectivity index (χ4n) is 18.2. The number of hydrogen-bond acceptors (Lipinski definition) is 31. The Morgan fingerprint density at radius 1 is 0.727 bits per heavy atom. The molecule has 1 aliphatic carbocycles. The van der Waals surface area contributed by atoms with Crippen LogP contribution in [0.2, 0.25) is 0 Å². The normalized spacial score (nSPS) is 27.2. The first-order valence-corrected chi connectivity index (χ1v) is 45.0. The molecule has 1 saturated carbocycles. The quantitative estimate of drug-likeness (QED) is 0.0109. The topological polar surface area (TPSA) is 461 Å². The van der Waals surface area contributed by atoms with Gasteiger partial charge >= 0.3 is 12.1 Å². The summed E-state index contributed by atoms with van der Waals surface area (Å²) in [4.78, 5) is 145. The van der Waals surface area contributed by atoms with E-state index in [9.17, 15) is 48.9 Å². The lowest BCUT2D eigenvalue weighted by Crippen LogP contribution is -2.58. The Morgan fingerprint density at radius 3 is 2.15 bits per heavy atom. The van der Waals surface area contributed by atoms with Gasteiger partial charge in [0.15, 0.2) is 5.78 Å². The van der Waals surface area contributed by atoms with Gasteiger partial charge in [0.2, 0.25) is 17.7 Å².